The van der Waals surface area contributed by atoms with Crippen LogP contribution in [0.25, 0.3) is 32.9 Å². The van der Waals surface area contributed by atoms with Crippen LogP contribution in [0.3, 0.4) is 0 Å². The van der Waals surface area contributed by atoms with Gasteiger partial charge >= 0.3 is 5.97 Å². The van der Waals surface area contributed by atoms with Crippen molar-refractivity contribution < 1.29 is 18.7 Å². The largest absolute Gasteiger partial charge is 0.480 e. The van der Waals surface area contributed by atoms with Gasteiger partial charge in [-0.1, -0.05) is 30.3 Å². The minimum atomic E-state index is -1.03. The van der Waals surface area contributed by atoms with E-state index in [0.29, 0.717) is 44.2 Å². The van der Waals surface area contributed by atoms with E-state index < -0.39 is 11.8 Å². The molecule has 5 rings (SSSR count). The predicted octanol–water partition coefficient (Wildman–Crippen LogP) is 4.74. The van der Waals surface area contributed by atoms with Gasteiger partial charge in [-0.25, -0.2) is 13.5 Å². The van der Waals surface area contributed by atoms with E-state index in [1.54, 1.807) is 54.0 Å². The van der Waals surface area contributed by atoms with Gasteiger partial charge in [0.05, 0.1) is 11.9 Å². The first-order valence-electron chi connectivity index (χ1n) is 10.6. The average molecular weight is 459 g/mol. The number of halogens is 2. The Balaban J connectivity index is 1.82. The molecule has 3 aromatic carbocycles. The van der Waals surface area contributed by atoms with Crippen LogP contribution in [0.4, 0.5) is 8.78 Å². The van der Waals surface area contributed by atoms with Crippen molar-refractivity contribution in [2.24, 2.45) is 0 Å². The van der Waals surface area contributed by atoms with Crippen LogP contribution in [0, 0.1) is 18.6 Å². The molecule has 34 heavy (non-hydrogen) atoms. The molecule has 0 unspecified atom stereocenters. The first-order chi connectivity index (χ1) is 16.3. The number of fused-ring (bicyclic) bond motifs is 2. The van der Waals surface area contributed by atoms with Crippen LogP contribution in [-0.4, -0.2) is 25.4 Å². The lowest BCUT2D eigenvalue weighted by Gasteiger charge is -2.12. The van der Waals surface area contributed by atoms with E-state index in [1.807, 2.05) is 0 Å². The second-order valence-electron chi connectivity index (χ2n) is 8.09. The number of nitrogens with zero attached hydrogens (tertiary/aromatic N) is 3. The third kappa shape index (κ3) is 3.63. The first kappa shape index (κ1) is 21.5. The SMILES string of the molecule is Cc1c(-c2nn(Cc3ccc(F)cc3)c(=O)c3ccccc23)c2cc(F)ccc2n1CC(=O)O. The minimum Gasteiger partial charge on any atom is -0.480 e. The third-order valence-corrected chi connectivity index (χ3v) is 5.93. The Hall–Kier alpha value is -4.33. The average Bonchev–Trinajstić information content (AvgIpc) is 3.07. The van der Waals surface area contributed by atoms with Crippen molar-refractivity contribution >= 4 is 27.6 Å². The van der Waals surface area contributed by atoms with Gasteiger partial charge in [-0.3, -0.25) is 9.59 Å². The van der Waals surface area contributed by atoms with Gasteiger partial charge in [0, 0.05) is 27.5 Å². The van der Waals surface area contributed by atoms with Crippen LogP contribution in [0.1, 0.15) is 11.3 Å². The summed E-state index contributed by atoms with van der Waals surface area (Å²) in [6.45, 7) is 1.56. The zero-order valence-corrected chi connectivity index (χ0v) is 18.1. The van der Waals surface area contributed by atoms with Crippen molar-refractivity contribution in [1.82, 2.24) is 14.3 Å². The Morgan fingerprint density at radius 2 is 1.62 bits per heavy atom. The van der Waals surface area contributed by atoms with Crippen LogP contribution in [0.15, 0.2) is 71.5 Å². The number of rotatable bonds is 5. The number of benzene rings is 3. The van der Waals surface area contributed by atoms with Gasteiger partial charge < -0.3 is 9.67 Å². The Labute approximate surface area is 192 Å². The molecule has 0 radical (unpaired) electrons. The topological polar surface area (TPSA) is 77.1 Å². The predicted molar refractivity (Wildman–Crippen MR) is 125 cm³/mol. The summed E-state index contributed by atoms with van der Waals surface area (Å²) in [5, 5.41) is 15.6. The molecule has 0 saturated heterocycles. The molecule has 0 fully saturated rings. The number of carbonyl (C=O) groups is 1. The quantitative estimate of drug-likeness (QED) is 0.412. The van der Waals surface area contributed by atoms with Crippen LogP contribution in [0.2, 0.25) is 0 Å². The van der Waals surface area contributed by atoms with Crippen molar-refractivity contribution in [2.45, 2.75) is 20.0 Å². The summed E-state index contributed by atoms with van der Waals surface area (Å²) in [6.07, 6.45) is 0. The van der Waals surface area contributed by atoms with E-state index in [9.17, 15) is 23.5 Å². The standard InChI is InChI=1S/C26H19F2N3O3/c1-15-24(21-12-18(28)10-11-22(21)30(15)14-23(32)33)25-19-4-2-3-5-20(19)26(34)31(29-25)13-16-6-8-17(27)9-7-16/h2-12H,13-14H2,1H3,(H,32,33). The van der Waals surface area contributed by atoms with E-state index in [2.05, 4.69) is 5.10 Å². The van der Waals surface area contributed by atoms with Crippen molar-refractivity contribution in [3.05, 3.63) is 100.0 Å². The molecule has 0 amide bonds. The molecule has 0 aliphatic rings. The van der Waals surface area contributed by atoms with E-state index in [0.717, 1.165) is 0 Å². The molecule has 0 aliphatic carbocycles. The van der Waals surface area contributed by atoms with Gasteiger partial charge in [0.15, 0.2) is 0 Å². The first-order valence-corrected chi connectivity index (χ1v) is 10.6. The Morgan fingerprint density at radius 1 is 0.941 bits per heavy atom. The van der Waals surface area contributed by atoms with Gasteiger partial charge in [-0.05, 0) is 48.9 Å². The monoisotopic (exact) mass is 459 g/mol. The number of hydrogen-bond acceptors (Lipinski definition) is 3. The van der Waals surface area contributed by atoms with Gasteiger partial charge in [-0.2, -0.15) is 5.10 Å². The van der Waals surface area contributed by atoms with Gasteiger partial charge in [0.2, 0.25) is 0 Å². The lowest BCUT2D eigenvalue weighted by Crippen LogP contribution is -2.24. The zero-order chi connectivity index (χ0) is 24.0. The summed E-state index contributed by atoms with van der Waals surface area (Å²) >= 11 is 0. The fourth-order valence-corrected chi connectivity index (χ4v) is 4.38. The number of carboxylic acids is 1. The fraction of sp³-hybridized carbons (Fsp3) is 0.115. The second kappa shape index (κ2) is 8.22. The molecule has 2 aromatic heterocycles. The summed E-state index contributed by atoms with van der Waals surface area (Å²) in [5.41, 5.74) is 2.51. The maximum atomic E-state index is 14.3. The van der Waals surface area contributed by atoms with Crippen molar-refractivity contribution in [2.75, 3.05) is 0 Å². The van der Waals surface area contributed by atoms with Gasteiger partial charge in [0.1, 0.15) is 23.9 Å². The molecule has 0 atom stereocenters. The third-order valence-electron chi connectivity index (χ3n) is 5.93. The summed E-state index contributed by atoms with van der Waals surface area (Å²) < 4.78 is 30.5. The highest BCUT2D eigenvalue weighted by Crippen LogP contribution is 2.37. The molecule has 0 saturated carbocycles. The molecule has 0 bridgehead atoms. The molecule has 0 aliphatic heterocycles. The second-order valence-corrected chi connectivity index (χ2v) is 8.09. The fourth-order valence-electron chi connectivity index (χ4n) is 4.38. The normalized spacial score (nSPS) is 11.4. The summed E-state index contributed by atoms with van der Waals surface area (Å²) in [4.78, 5) is 24.8. The maximum Gasteiger partial charge on any atom is 0.323 e. The highest BCUT2D eigenvalue weighted by atomic mass is 19.1. The molecule has 170 valence electrons. The number of aliphatic carboxylic acids is 1. The van der Waals surface area contributed by atoms with E-state index >= 15 is 0 Å². The highest BCUT2D eigenvalue weighted by molar-refractivity contribution is 6.05. The molecular formula is C26H19F2N3O3. The molecule has 0 spiro atoms. The minimum absolute atomic E-state index is 0.109. The molecule has 2 heterocycles. The Kier molecular flexibility index (Phi) is 5.20. The molecule has 6 nitrogen and oxygen atoms in total. The smallest absolute Gasteiger partial charge is 0.323 e. The van der Waals surface area contributed by atoms with Crippen LogP contribution in [0.5, 0.6) is 0 Å². The number of aromatic nitrogens is 3. The lowest BCUT2D eigenvalue weighted by atomic mass is 10.0. The van der Waals surface area contributed by atoms with Crippen LogP contribution in [-0.2, 0) is 17.9 Å². The molecule has 5 aromatic rings. The Bertz CT molecular complexity index is 1640. The van der Waals surface area contributed by atoms with Gasteiger partial charge in [0.25, 0.3) is 5.56 Å². The van der Waals surface area contributed by atoms with Crippen molar-refractivity contribution in [1.29, 1.82) is 0 Å². The van der Waals surface area contributed by atoms with E-state index in [1.165, 1.54) is 28.9 Å². The maximum absolute atomic E-state index is 14.3. The summed E-state index contributed by atoms with van der Waals surface area (Å²) in [7, 11) is 0. The van der Waals surface area contributed by atoms with Crippen molar-refractivity contribution in [3.8, 4) is 11.3 Å². The van der Waals surface area contributed by atoms with Crippen LogP contribution < -0.4 is 5.56 Å². The summed E-state index contributed by atoms with van der Waals surface area (Å²) in [5.74, 6) is -1.88. The molecule has 8 heteroatoms. The Morgan fingerprint density at radius 3 is 2.32 bits per heavy atom. The lowest BCUT2D eigenvalue weighted by molar-refractivity contribution is -0.137. The van der Waals surface area contributed by atoms with E-state index in [4.69, 9.17) is 0 Å². The summed E-state index contributed by atoms with van der Waals surface area (Å²) in [6, 6.07) is 16.9. The molecule has 1 N–H and O–H groups in total. The zero-order valence-electron chi connectivity index (χ0n) is 18.1. The van der Waals surface area contributed by atoms with Crippen molar-refractivity contribution in [3.63, 3.8) is 0 Å². The number of hydrogen-bond donors (Lipinski definition) is 1. The highest BCUT2D eigenvalue weighted by Gasteiger charge is 2.22. The number of carboxylic acid groups (broad SMARTS) is 1. The van der Waals surface area contributed by atoms with Gasteiger partial charge in [-0.15, -0.1) is 0 Å². The van der Waals surface area contributed by atoms with Crippen LogP contribution >= 0.6 is 0 Å². The molecular weight excluding hydrogens is 440 g/mol. The van der Waals surface area contributed by atoms with E-state index in [-0.39, 0.29) is 24.5 Å².